The largest absolute Gasteiger partial charge is 0.497 e. The van der Waals surface area contributed by atoms with E-state index < -0.39 is 0 Å². The van der Waals surface area contributed by atoms with Gasteiger partial charge in [0.2, 0.25) is 5.91 Å². The number of fused-ring (bicyclic) bond motifs is 1. The molecule has 1 saturated heterocycles. The molecule has 1 aromatic heterocycles. The molecule has 0 bridgehead atoms. The molecular formula is C23H25N3O4S. The van der Waals surface area contributed by atoms with Gasteiger partial charge >= 0.3 is 0 Å². The highest BCUT2D eigenvalue weighted by atomic mass is 32.2. The van der Waals surface area contributed by atoms with Crippen molar-refractivity contribution in [3.63, 3.8) is 0 Å². The van der Waals surface area contributed by atoms with E-state index in [9.17, 15) is 9.59 Å². The summed E-state index contributed by atoms with van der Waals surface area (Å²) in [4.78, 5) is 32.7. The minimum atomic E-state index is -0.178. The molecule has 0 saturated carbocycles. The second kappa shape index (κ2) is 9.11. The number of para-hydroxylation sites is 1. The first-order chi connectivity index (χ1) is 15.0. The van der Waals surface area contributed by atoms with Crippen LogP contribution in [-0.2, 0) is 9.53 Å². The summed E-state index contributed by atoms with van der Waals surface area (Å²) in [5.74, 6) is 0.834. The van der Waals surface area contributed by atoms with Crippen LogP contribution in [0.1, 0.15) is 13.8 Å². The Bertz CT molecular complexity index is 1150. The molecule has 4 rings (SSSR count). The molecule has 3 aromatic rings. The van der Waals surface area contributed by atoms with Crippen LogP contribution in [-0.4, -0.2) is 58.5 Å². The Labute approximate surface area is 185 Å². The van der Waals surface area contributed by atoms with Gasteiger partial charge in [-0.1, -0.05) is 30.0 Å². The minimum absolute atomic E-state index is 0.00598. The maximum atomic E-state index is 13.3. The highest BCUT2D eigenvalue weighted by molar-refractivity contribution is 7.99. The molecular weight excluding hydrogens is 414 g/mol. The zero-order chi connectivity index (χ0) is 22.0. The van der Waals surface area contributed by atoms with E-state index in [0.29, 0.717) is 40.6 Å². The van der Waals surface area contributed by atoms with Crippen LogP contribution in [0.2, 0.25) is 0 Å². The predicted octanol–water partition coefficient (Wildman–Crippen LogP) is 3.12. The van der Waals surface area contributed by atoms with E-state index >= 15 is 0 Å². The number of nitrogens with zero attached hydrogens (tertiary/aromatic N) is 3. The van der Waals surface area contributed by atoms with Crippen molar-refractivity contribution < 1.29 is 14.3 Å². The number of carbonyl (C=O) groups excluding carboxylic acids is 1. The van der Waals surface area contributed by atoms with Crippen LogP contribution in [0, 0.1) is 0 Å². The number of methoxy groups -OCH3 is 1. The Morgan fingerprint density at radius 2 is 1.90 bits per heavy atom. The lowest BCUT2D eigenvalue weighted by atomic mass is 10.2. The summed E-state index contributed by atoms with van der Waals surface area (Å²) in [6, 6.07) is 14.5. The zero-order valence-electron chi connectivity index (χ0n) is 17.8. The molecule has 7 nitrogen and oxygen atoms in total. The van der Waals surface area contributed by atoms with Gasteiger partial charge in [0, 0.05) is 19.2 Å². The lowest BCUT2D eigenvalue weighted by molar-refractivity contribution is -0.140. The minimum Gasteiger partial charge on any atom is -0.497 e. The second-order valence-electron chi connectivity index (χ2n) is 7.60. The van der Waals surface area contributed by atoms with Gasteiger partial charge in [-0.15, -0.1) is 0 Å². The third-order valence-corrected chi connectivity index (χ3v) is 6.08. The fourth-order valence-corrected chi connectivity index (χ4v) is 4.70. The lowest BCUT2D eigenvalue weighted by Crippen LogP contribution is -2.48. The summed E-state index contributed by atoms with van der Waals surface area (Å²) >= 11 is 1.27. The fraction of sp³-hybridized carbons (Fsp3) is 0.348. The van der Waals surface area contributed by atoms with E-state index in [1.54, 1.807) is 23.8 Å². The number of hydrogen-bond acceptors (Lipinski definition) is 6. The van der Waals surface area contributed by atoms with Gasteiger partial charge in [-0.25, -0.2) is 4.98 Å². The SMILES string of the molecule is COc1cccc(-n2c(SCC(=O)N3C[C@@H](C)O[C@@H](C)C3)nc3ccccc3c2=O)c1. The Hall–Kier alpha value is -2.84. The number of hydrogen-bond donors (Lipinski definition) is 0. The molecule has 0 aliphatic carbocycles. The molecule has 31 heavy (non-hydrogen) atoms. The van der Waals surface area contributed by atoms with Crippen LogP contribution >= 0.6 is 11.8 Å². The van der Waals surface area contributed by atoms with E-state index in [0.717, 1.165) is 0 Å². The van der Waals surface area contributed by atoms with Gasteiger partial charge in [0.15, 0.2) is 5.16 Å². The quantitative estimate of drug-likeness (QED) is 0.449. The Morgan fingerprint density at radius 1 is 1.16 bits per heavy atom. The maximum absolute atomic E-state index is 13.3. The van der Waals surface area contributed by atoms with Crippen molar-refractivity contribution in [2.24, 2.45) is 0 Å². The summed E-state index contributed by atoms with van der Waals surface area (Å²) in [5, 5.41) is 0.997. The maximum Gasteiger partial charge on any atom is 0.266 e. The molecule has 8 heteroatoms. The van der Waals surface area contributed by atoms with E-state index in [2.05, 4.69) is 0 Å². The van der Waals surface area contributed by atoms with E-state index in [4.69, 9.17) is 14.5 Å². The lowest BCUT2D eigenvalue weighted by Gasteiger charge is -2.35. The van der Waals surface area contributed by atoms with Crippen LogP contribution in [0.25, 0.3) is 16.6 Å². The number of rotatable bonds is 5. The first-order valence-corrected chi connectivity index (χ1v) is 11.2. The topological polar surface area (TPSA) is 73.7 Å². The van der Waals surface area contributed by atoms with Crippen molar-refractivity contribution in [2.45, 2.75) is 31.2 Å². The van der Waals surface area contributed by atoms with Crippen molar-refractivity contribution in [3.05, 3.63) is 58.9 Å². The van der Waals surface area contributed by atoms with Crippen LogP contribution in [0.3, 0.4) is 0 Å². The number of aromatic nitrogens is 2. The van der Waals surface area contributed by atoms with E-state index in [1.807, 2.05) is 55.1 Å². The molecule has 1 aliphatic heterocycles. The number of carbonyl (C=O) groups is 1. The Balaban J connectivity index is 1.69. The molecule has 2 atom stereocenters. The molecule has 0 spiro atoms. The van der Waals surface area contributed by atoms with Gasteiger partial charge < -0.3 is 14.4 Å². The molecule has 2 aromatic carbocycles. The normalized spacial score (nSPS) is 18.9. The van der Waals surface area contributed by atoms with Crippen molar-refractivity contribution in [1.29, 1.82) is 0 Å². The van der Waals surface area contributed by atoms with Gasteiger partial charge in [-0.05, 0) is 38.1 Å². The summed E-state index contributed by atoms with van der Waals surface area (Å²) in [5.41, 5.74) is 1.07. The van der Waals surface area contributed by atoms with Gasteiger partial charge in [-0.3, -0.25) is 14.2 Å². The third kappa shape index (κ3) is 4.60. The van der Waals surface area contributed by atoms with Gasteiger partial charge in [-0.2, -0.15) is 0 Å². The molecule has 0 unspecified atom stereocenters. The van der Waals surface area contributed by atoms with E-state index in [1.165, 1.54) is 11.8 Å². The first-order valence-electron chi connectivity index (χ1n) is 10.2. The average Bonchev–Trinajstić information content (AvgIpc) is 2.77. The summed E-state index contributed by atoms with van der Waals surface area (Å²) in [6.45, 7) is 5.07. The predicted molar refractivity (Wildman–Crippen MR) is 121 cm³/mol. The number of amides is 1. The highest BCUT2D eigenvalue weighted by Gasteiger charge is 2.26. The molecule has 162 valence electrons. The molecule has 1 amide bonds. The monoisotopic (exact) mass is 439 g/mol. The molecule has 0 radical (unpaired) electrons. The van der Waals surface area contributed by atoms with Crippen molar-refractivity contribution in [3.8, 4) is 11.4 Å². The zero-order valence-corrected chi connectivity index (χ0v) is 18.6. The van der Waals surface area contributed by atoms with Crippen LogP contribution < -0.4 is 10.3 Å². The highest BCUT2D eigenvalue weighted by Crippen LogP contribution is 2.24. The van der Waals surface area contributed by atoms with Gasteiger partial charge in [0.1, 0.15) is 5.75 Å². The van der Waals surface area contributed by atoms with Crippen LogP contribution in [0.4, 0.5) is 0 Å². The Kier molecular flexibility index (Phi) is 6.29. The van der Waals surface area contributed by atoms with Gasteiger partial charge in [0.05, 0.1) is 41.7 Å². The molecule has 2 heterocycles. The van der Waals surface area contributed by atoms with Crippen LogP contribution in [0.5, 0.6) is 5.75 Å². The second-order valence-corrected chi connectivity index (χ2v) is 8.54. The first kappa shape index (κ1) is 21.4. The van der Waals surface area contributed by atoms with Crippen molar-refractivity contribution >= 4 is 28.6 Å². The molecule has 1 aliphatic rings. The number of benzene rings is 2. The van der Waals surface area contributed by atoms with Crippen LogP contribution in [0.15, 0.2) is 58.5 Å². The molecule has 0 N–H and O–H groups in total. The summed E-state index contributed by atoms with van der Waals surface area (Å²) < 4.78 is 12.6. The number of morpholine rings is 1. The van der Waals surface area contributed by atoms with Gasteiger partial charge in [0.25, 0.3) is 5.56 Å². The standard InChI is InChI=1S/C23H25N3O4S/c1-15-12-25(13-16(2)30-15)21(27)14-31-23-24-20-10-5-4-9-19(20)22(28)26(23)17-7-6-8-18(11-17)29-3/h4-11,15-16H,12-14H2,1-3H3/t15-,16+. The summed E-state index contributed by atoms with van der Waals surface area (Å²) in [7, 11) is 1.58. The van der Waals surface area contributed by atoms with Crippen molar-refractivity contribution in [1.82, 2.24) is 14.5 Å². The van der Waals surface area contributed by atoms with E-state index in [-0.39, 0.29) is 29.4 Å². The average molecular weight is 440 g/mol. The fourth-order valence-electron chi connectivity index (χ4n) is 3.79. The third-order valence-electron chi connectivity index (χ3n) is 5.15. The summed E-state index contributed by atoms with van der Waals surface area (Å²) in [6.07, 6.45) is 0.0120. The smallest absolute Gasteiger partial charge is 0.266 e. The number of ether oxygens (including phenoxy) is 2. The Morgan fingerprint density at radius 3 is 2.65 bits per heavy atom. The number of thioether (sulfide) groups is 1. The molecule has 1 fully saturated rings. The van der Waals surface area contributed by atoms with Crippen molar-refractivity contribution in [2.75, 3.05) is 26.0 Å².